The third-order valence-corrected chi connectivity index (χ3v) is 2.77. The number of anilines is 2. The SMILES string of the molecule is Brc1cccc(-c2nnc(Nc3ncccn3)o2)c1. The number of benzene rings is 1. The van der Waals surface area contributed by atoms with Gasteiger partial charge in [0.15, 0.2) is 0 Å². The van der Waals surface area contributed by atoms with Crippen LogP contribution in [0.5, 0.6) is 0 Å². The van der Waals surface area contributed by atoms with Gasteiger partial charge in [-0.1, -0.05) is 27.1 Å². The number of rotatable bonds is 3. The molecule has 0 radical (unpaired) electrons. The summed E-state index contributed by atoms with van der Waals surface area (Å²) >= 11 is 3.39. The molecule has 0 atom stereocenters. The predicted octanol–water partition coefficient (Wildman–Crippen LogP) is 3.03. The number of aromatic nitrogens is 4. The second-order valence-corrected chi connectivity index (χ2v) is 4.54. The molecule has 0 fully saturated rings. The molecule has 2 aromatic heterocycles. The van der Waals surface area contributed by atoms with Crippen molar-refractivity contribution in [1.82, 2.24) is 20.2 Å². The molecule has 6 nitrogen and oxygen atoms in total. The van der Waals surface area contributed by atoms with Crippen LogP contribution in [0.2, 0.25) is 0 Å². The Morgan fingerprint density at radius 2 is 1.89 bits per heavy atom. The molecule has 7 heteroatoms. The summed E-state index contributed by atoms with van der Waals surface area (Å²) in [5, 5.41) is 10.7. The molecule has 1 N–H and O–H groups in total. The van der Waals surface area contributed by atoms with Gasteiger partial charge in [0.25, 0.3) is 0 Å². The summed E-state index contributed by atoms with van der Waals surface area (Å²) in [5.74, 6) is 0.840. The van der Waals surface area contributed by atoms with Crippen molar-refractivity contribution in [2.24, 2.45) is 0 Å². The van der Waals surface area contributed by atoms with Crippen LogP contribution in [0.3, 0.4) is 0 Å². The Morgan fingerprint density at radius 1 is 1.05 bits per heavy atom. The van der Waals surface area contributed by atoms with Crippen molar-refractivity contribution in [3.63, 3.8) is 0 Å². The lowest BCUT2D eigenvalue weighted by Crippen LogP contribution is -1.95. The quantitative estimate of drug-likeness (QED) is 0.800. The molecule has 0 spiro atoms. The van der Waals surface area contributed by atoms with E-state index in [1.165, 1.54) is 0 Å². The van der Waals surface area contributed by atoms with Gasteiger partial charge >= 0.3 is 6.01 Å². The van der Waals surface area contributed by atoms with E-state index in [4.69, 9.17) is 4.42 Å². The normalized spacial score (nSPS) is 10.4. The zero-order valence-electron chi connectivity index (χ0n) is 9.62. The van der Waals surface area contributed by atoms with E-state index in [-0.39, 0.29) is 6.01 Å². The van der Waals surface area contributed by atoms with Crippen LogP contribution in [0.1, 0.15) is 0 Å². The van der Waals surface area contributed by atoms with Crippen LogP contribution in [0, 0.1) is 0 Å². The van der Waals surface area contributed by atoms with Gasteiger partial charge in [-0.05, 0) is 24.3 Å². The third kappa shape index (κ3) is 2.76. The maximum absolute atomic E-state index is 5.49. The average Bonchev–Trinajstić information content (AvgIpc) is 2.88. The summed E-state index contributed by atoms with van der Waals surface area (Å²) in [6, 6.07) is 9.60. The summed E-state index contributed by atoms with van der Waals surface area (Å²) in [5.41, 5.74) is 0.837. The lowest BCUT2D eigenvalue weighted by Gasteiger charge is -1.97. The molecule has 0 saturated carbocycles. The molecule has 3 rings (SSSR count). The molecule has 0 bridgehead atoms. The molecule has 1 aromatic carbocycles. The summed E-state index contributed by atoms with van der Waals surface area (Å²) in [7, 11) is 0. The molecule has 3 aromatic rings. The summed E-state index contributed by atoms with van der Waals surface area (Å²) in [4.78, 5) is 8.03. The average molecular weight is 318 g/mol. The van der Waals surface area contributed by atoms with Crippen molar-refractivity contribution in [3.8, 4) is 11.5 Å². The standard InChI is InChI=1S/C12H8BrN5O/c13-9-4-1-3-8(7-9)10-17-18-12(19-10)16-11-14-5-2-6-15-11/h1-7H,(H,14,15,16,18). The smallest absolute Gasteiger partial charge is 0.322 e. The number of nitrogens with zero attached hydrogens (tertiary/aromatic N) is 4. The van der Waals surface area contributed by atoms with Crippen molar-refractivity contribution in [1.29, 1.82) is 0 Å². The van der Waals surface area contributed by atoms with Crippen LogP contribution in [0.25, 0.3) is 11.5 Å². The van der Waals surface area contributed by atoms with Crippen molar-refractivity contribution in [2.45, 2.75) is 0 Å². The zero-order chi connectivity index (χ0) is 13.1. The molecule has 94 valence electrons. The van der Waals surface area contributed by atoms with Gasteiger partial charge in [0.2, 0.25) is 11.8 Å². The fraction of sp³-hybridized carbons (Fsp3) is 0. The highest BCUT2D eigenvalue weighted by Gasteiger charge is 2.09. The van der Waals surface area contributed by atoms with E-state index in [0.717, 1.165) is 10.0 Å². The van der Waals surface area contributed by atoms with Gasteiger partial charge in [0.1, 0.15) is 0 Å². The Kier molecular flexibility index (Phi) is 3.20. The molecular formula is C12H8BrN5O. The van der Waals surface area contributed by atoms with Crippen molar-refractivity contribution in [3.05, 3.63) is 47.2 Å². The lowest BCUT2D eigenvalue weighted by atomic mass is 10.2. The van der Waals surface area contributed by atoms with Gasteiger partial charge in [0.05, 0.1) is 0 Å². The molecule has 0 aliphatic rings. The summed E-state index contributed by atoms with van der Waals surface area (Å²) < 4.78 is 6.44. The number of halogens is 1. The molecular weight excluding hydrogens is 310 g/mol. The maximum atomic E-state index is 5.49. The van der Waals surface area contributed by atoms with Gasteiger partial charge in [-0.15, -0.1) is 5.10 Å². The van der Waals surface area contributed by atoms with Crippen LogP contribution in [0.15, 0.2) is 51.6 Å². The minimum absolute atomic E-state index is 0.251. The van der Waals surface area contributed by atoms with Crippen LogP contribution in [-0.4, -0.2) is 20.2 Å². The maximum Gasteiger partial charge on any atom is 0.322 e. The van der Waals surface area contributed by atoms with E-state index in [9.17, 15) is 0 Å². The minimum atomic E-state index is 0.251. The van der Waals surface area contributed by atoms with Crippen LogP contribution in [0.4, 0.5) is 12.0 Å². The molecule has 0 aliphatic carbocycles. The Bertz CT molecular complexity index is 685. The van der Waals surface area contributed by atoms with Crippen LogP contribution in [-0.2, 0) is 0 Å². The highest BCUT2D eigenvalue weighted by molar-refractivity contribution is 9.10. The second kappa shape index (κ2) is 5.15. The first-order valence-electron chi connectivity index (χ1n) is 5.45. The van der Waals surface area contributed by atoms with Gasteiger partial charge < -0.3 is 4.42 Å². The van der Waals surface area contributed by atoms with Gasteiger partial charge in [0, 0.05) is 22.4 Å². The van der Waals surface area contributed by atoms with E-state index in [2.05, 4.69) is 41.4 Å². The fourth-order valence-corrected chi connectivity index (χ4v) is 1.87. The molecule has 19 heavy (non-hydrogen) atoms. The number of nitrogens with one attached hydrogen (secondary N) is 1. The topological polar surface area (TPSA) is 76.7 Å². The van der Waals surface area contributed by atoms with Gasteiger partial charge in [-0.3, -0.25) is 5.32 Å². The van der Waals surface area contributed by atoms with E-state index in [1.54, 1.807) is 18.5 Å². The highest BCUT2D eigenvalue weighted by atomic mass is 79.9. The minimum Gasteiger partial charge on any atom is -0.403 e. The largest absolute Gasteiger partial charge is 0.403 e. The van der Waals surface area contributed by atoms with E-state index >= 15 is 0 Å². The number of hydrogen-bond donors (Lipinski definition) is 1. The Balaban J connectivity index is 1.84. The first kappa shape index (κ1) is 11.8. The monoisotopic (exact) mass is 317 g/mol. The van der Waals surface area contributed by atoms with Crippen LogP contribution < -0.4 is 5.32 Å². The van der Waals surface area contributed by atoms with Gasteiger partial charge in [-0.2, -0.15) is 0 Å². The Hall–Kier alpha value is -2.28. The summed E-state index contributed by atoms with van der Waals surface area (Å²) in [6.45, 7) is 0. The molecule has 0 unspecified atom stereocenters. The highest BCUT2D eigenvalue weighted by Crippen LogP contribution is 2.23. The van der Waals surface area contributed by atoms with E-state index in [1.807, 2.05) is 24.3 Å². The lowest BCUT2D eigenvalue weighted by molar-refractivity contribution is 0.586. The Morgan fingerprint density at radius 3 is 2.68 bits per heavy atom. The predicted molar refractivity (Wildman–Crippen MR) is 72.7 cm³/mol. The zero-order valence-corrected chi connectivity index (χ0v) is 11.2. The van der Waals surface area contributed by atoms with Gasteiger partial charge in [-0.25, -0.2) is 9.97 Å². The first-order chi connectivity index (χ1) is 9.31. The molecule has 0 aliphatic heterocycles. The number of hydrogen-bond acceptors (Lipinski definition) is 6. The fourth-order valence-electron chi connectivity index (χ4n) is 1.47. The van der Waals surface area contributed by atoms with Crippen molar-refractivity contribution in [2.75, 3.05) is 5.32 Å². The Labute approximate surface area is 117 Å². The molecule has 0 saturated heterocycles. The van der Waals surface area contributed by atoms with Crippen molar-refractivity contribution >= 4 is 27.9 Å². The van der Waals surface area contributed by atoms with Crippen molar-refractivity contribution < 1.29 is 4.42 Å². The third-order valence-electron chi connectivity index (χ3n) is 2.28. The molecule has 0 amide bonds. The molecule has 2 heterocycles. The van der Waals surface area contributed by atoms with E-state index < -0.39 is 0 Å². The second-order valence-electron chi connectivity index (χ2n) is 3.62. The first-order valence-corrected chi connectivity index (χ1v) is 6.24. The summed E-state index contributed by atoms with van der Waals surface area (Å²) in [6.07, 6.45) is 3.25. The van der Waals surface area contributed by atoms with Crippen LogP contribution >= 0.6 is 15.9 Å². The van der Waals surface area contributed by atoms with E-state index in [0.29, 0.717) is 11.8 Å².